The van der Waals surface area contributed by atoms with Gasteiger partial charge in [0.15, 0.2) is 0 Å². The maximum atomic E-state index is 11.4. The number of hydrogen-bond donors (Lipinski definition) is 2. The van der Waals surface area contributed by atoms with Crippen molar-refractivity contribution in [3.63, 3.8) is 0 Å². The van der Waals surface area contributed by atoms with Gasteiger partial charge in [0, 0.05) is 29.1 Å². The van der Waals surface area contributed by atoms with Crippen molar-refractivity contribution in [1.29, 1.82) is 0 Å². The summed E-state index contributed by atoms with van der Waals surface area (Å²) in [7, 11) is -3.70. The summed E-state index contributed by atoms with van der Waals surface area (Å²) in [4.78, 5) is 4.49. The predicted octanol–water partition coefficient (Wildman–Crippen LogP) is 3.19. The van der Waals surface area contributed by atoms with Gasteiger partial charge in [0.1, 0.15) is 5.65 Å². The third-order valence-electron chi connectivity index (χ3n) is 4.13. The Labute approximate surface area is 168 Å². The topological polar surface area (TPSA) is 106 Å². The molecule has 0 spiro atoms. The van der Waals surface area contributed by atoms with Crippen LogP contribution in [0.25, 0.3) is 28.0 Å². The molecule has 0 fully saturated rings. The van der Waals surface area contributed by atoms with E-state index in [9.17, 15) is 8.42 Å². The van der Waals surface area contributed by atoms with E-state index in [1.54, 1.807) is 18.3 Å². The fourth-order valence-corrected chi connectivity index (χ4v) is 3.33. The van der Waals surface area contributed by atoms with Gasteiger partial charge in [-0.05, 0) is 31.2 Å². The van der Waals surface area contributed by atoms with Gasteiger partial charge in [0.25, 0.3) is 0 Å². The molecule has 0 aliphatic carbocycles. The zero-order valence-corrected chi connectivity index (χ0v) is 16.6. The number of halogens is 2. The second-order valence-electron chi connectivity index (χ2n) is 5.74. The summed E-state index contributed by atoms with van der Waals surface area (Å²) in [6.07, 6.45) is 5.60. The number of aromatic nitrogens is 4. The van der Waals surface area contributed by atoms with E-state index in [4.69, 9.17) is 5.14 Å². The lowest BCUT2D eigenvalue weighted by molar-refractivity contribution is 0.598. The summed E-state index contributed by atoms with van der Waals surface area (Å²) in [5.41, 5.74) is 5.46. The molecule has 3 aromatic heterocycles. The lowest BCUT2D eigenvalue weighted by Crippen LogP contribution is -2.11. The molecular formula is C17H17Cl2N5O2S. The van der Waals surface area contributed by atoms with Crippen molar-refractivity contribution < 1.29 is 8.42 Å². The summed E-state index contributed by atoms with van der Waals surface area (Å²) in [5, 5.41) is 12.2. The molecule has 4 rings (SSSR count). The third-order valence-corrected chi connectivity index (χ3v) is 5.06. The number of primary sulfonamides is 1. The van der Waals surface area contributed by atoms with E-state index in [0.29, 0.717) is 0 Å². The van der Waals surface area contributed by atoms with Crippen molar-refractivity contribution in [2.24, 2.45) is 5.14 Å². The van der Waals surface area contributed by atoms with Gasteiger partial charge >= 0.3 is 0 Å². The first-order valence-corrected chi connectivity index (χ1v) is 9.09. The Hall–Kier alpha value is -2.39. The lowest BCUT2D eigenvalue weighted by Gasteiger charge is -2.06. The number of hydrogen-bond acceptors (Lipinski definition) is 4. The van der Waals surface area contributed by atoms with Crippen LogP contribution >= 0.6 is 24.8 Å². The second kappa shape index (κ2) is 7.69. The normalized spacial score (nSPS) is 11.0. The van der Waals surface area contributed by atoms with E-state index in [2.05, 4.69) is 15.2 Å². The highest BCUT2D eigenvalue weighted by Crippen LogP contribution is 2.26. The minimum Gasteiger partial charge on any atom is -0.299 e. The number of aryl methyl sites for hydroxylation is 1. The largest absolute Gasteiger partial charge is 0.299 e. The minimum absolute atomic E-state index is 0. The molecule has 3 heterocycles. The highest BCUT2D eigenvalue weighted by molar-refractivity contribution is 7.89. The van der Waals surface area contributed by atoms with Crippen molar-refractivity contribution in [3.8, 4) is 22.4 Å². The maximum absolute atomic E-state index is 11.4. The van der Waals surface area contributed by atoms with E-state index in [1.807, 2.05) is 35.9 Å². The smallest absolute Gasteiger partial charge is 0.238 e. The van der Waals surface area contributed by atoms with E-state index in [0.717, 1.165) is 33.7 Å². The molecule has 0 saturated heterocycles. The van der Waals surface area contributed by atoms with E-state index < -0.39 is 10.0 Å². The van der Waals surface area contributed by atoms with Crippen LogP contribution in [0, 0.1) is 6.92 Å². The zero-order chi connectivity index (χ0) is 17.6. The molecule has 0 radical (unpaired) electrons. The second-order valence-corrected chi connectivity index (χ2v) is 7.30. The van der Waals surface area contributed by atoms with E-state index >= 15 is 0 Å². The number of imidazole rings is 1. The van der Waals surface area contributed by atoms with Gasteiger partial charge in [0.2, 0.25) is 10.0 Å². The van der Waals surface area contributed by atoms with E-state index in [1.165, 1.54) is 12.1 Å². The van der Waals surface area contributed by atoms with Crippen LogP contribution < -0.4 is 5.14 Å². The molecule has 0 atom stereocenters. The Morgan fingerprint density at radius 1 is 1.04 bits per heavy atom. The molecule has 0 aliphatic heterocycles. The fourth-order valence-electron chi connectivity index (χ4n) is 2.82. The minimum atomic E-state index is -3.70. The van der Waals surface area contributed by atoms with Crippen LogP contribution in [0.15, 0.2) is 59.9 Å². The molecule has 4 aromatic rings. The average molecular weight is 426 g/mol. The Morgan fingerprint density at radius 3 is 2.30 bits per heavy atom. The van der Waals surface area contributed by atoms with Crippen LogP contribution in [0.5, 0.6) is 0 Å². The van der Waals surface area contributed by atoms with Crippen molar-refractivity contribution >= 4 is 40.5 Å². The number of sulfonamides is 1. The Kier molecular flexibility index (Phi) is 5.96. The highest BCUT2D eigenvalue weighted by atomic mass is 35.5. The molecule has 7 nitrogen and oxygen atoms in total. The van der Waals surface area contributed by atoms with Crippen LogP contribution in [0.3, 0.4) is 0 Å². The molecule has 1 aromatic carbocycles. The molecule has 0 unspecified atom stereocenters. The van der Waals surface area contributed by atoms with Crippen LogP contribution in [0.2, 0.25) is 0 Å². The molecule has 27 heavy (non-hydrogen) atoms. The molecule has 142 valence electrons. The molecule has 0 aliphatic rings. The SMILES string of the molecule is Cc1n[nH]cc1-c1ccc2ncc(-c3ccc(S(N)(=O)=O)cc3)n2c1.Cl.Cl. The first-order chi connectivity index (χ1) is 11.9. The Bertz CT molecular complexity index is 1180. The van der Waals surface area contributed by atoms with E-state index in [-0.39, 0.29) is 29.7 Å². The van der Waals surface area contributed by atoms with Crippen LogP contribution in [-0.2, 0) is 10.0 Å². The molecule has 0 amide bonds. The van der Waals surface area contributed by atoms with Gasteiger partial charge in [-0.3, -0.25) is 9.50 Å². The zero-order valence-electron chi connectivity index (χ0n) is 14.2. The van der Waals surface area contributed by atoms with Crippen LogP contribution in [0.1, 0.15) is 5.69 Å². The maximum Gasteiger partial charge on any atom is 0.238 e. The molecule has 3 N–H and O–H groups in total. The number of H-pyrrole nitrogens is 1. The summed E-state index contributed by atoms with van der Waals surface area (Å²) >= 11 is 0. The first kappa shape index (κ1) is 20.9. The summed E-state index contributed by atoms with van der Waals surface area (Å²) in [5.74, 6) is 0. The van der Waals surface area contributed by atoms with Gasteiger partial charge in [-0.1, -0.05) is 12.1 Å². The van der Waals surface area contributed by atoms with Crippen molar-refractivity contribution in [2.75, 3.05) is 0 Å². The van der Waals surface area contributed by atoms with Gasteiger partial charge in [-0.25, -0.2) is 18.5 Å². The Morgan fingerprint density at radius 2 is 1.70 bits per heavy atom. The highest BCUT2D eigenvalue weighted by Gasteiger charge is 2.11. The first-order valence-electron chi connectivity index (χ1n) is 7.54. The Balaban J connectivity index is 0.00000131. The number of rotatable bonds is 3. The van der Waals surface area contributed by atoms with Crippen LogP contribution in [-0.4, -0.2) is 28.0 Å². The number of nitrogens with one attached hydrogen (secondary N) is 1. The summed E-state index contributed by atoms with van der Waals surface area (Å²) in [6.45, 7) is 1.94. The number of fused-ring (bicyclic) bond motifs is 1. The quantitative estimate of drug-likeness (QED) is 0.525. The lowest BCUT2D eigenvalue weighted by atomic mass is 10.1. The van der Waals surface area contributed by atoms with Gasteiger partial charge in [-0.15, -0.1) is 24.8 Å². The number of nitrogens with two attached hydrogens (primary N) is 1. The third kappa shape index (κ3) is 3.84. The van der Waals surface area contributed by atoms with Crippen LogP contribution in [0.4, 0.5) is 0 Å². The number of pyridine rings is 1. The summed E-state index contributed by atoms with van der Waals surface area (Å²) < 4.78 is 24.8. The standard InChI is InChI=1S/C17H15N5O2S.2ClH/c1-11-15(8-20-21-11)13-4-7-17-19-9-16(22(17)10-13)12-2-5-14(6-3-12)25(18,23)24;;/h2-10H,1H3,(H,20,21)(H2,18,23,24);2*1H. The van der Waals surface area contributed by atoms with Gasteiger partial charge in [0.05, 0.1) is 22.5 Å². The van der Waals surface area contributed by atoms with Crippen molar-refractivity contribution in [3.05, 3.63) is 60.7 Å². The van der Waals surface area contributed by atoms with Crippen molar-refractivity contribution in [1.82, 2.24) is 19.6 Å². The number of aromatic amines is 1. The van der Waals surface area contributed by atoms with Crippen molar-refractivity contribution in [2.45, 2.75) is 11.8 Å². The number of benzene rings is 1. The summed E-state index contributed by atoms with van der Waals surface area (Å²) in [6, 6.07) is 10.4. The molecular weight excluding hydrogens is 409 g/mol. The van der Waals surface area contributed by atoms with Gasteiger partial charge in [-0.2, -0.15) is 5.10 Å². The molecule has 0 bridgehead atoms. The monoisotopic (exact) mass is 425 g/mol. The molecule has 0 saturated carbocycles. The average Bonchev–Trinajstić information content (AvgIpc) is 3.19. The van der Waals surface area contributed by atoms with Gasteiger partial charge < -0.3 is 0 Å². The fraction of sp³-hybridized carbons (Fsp3) is 0.0588. The molecule has 10 heteroatoms. The number of nitrogens with zero attached hydrogens (tertiary/aromatic N) is 3. The predicted molar refractivity (Wildman–Crippen MR) is 109 cm³/mol.